The first kappa shape index (κ1) is 47.4. The van der Waals surface area contributed by atoms with Gasteiger partial charge in [-0.1, -0.05) is 72.8 Å². The van der Waals surface area contributed by atoms with E-state index < -0.39 is 11.8 Å². The fourth-order valence-electron chi connectivity index (χ4n) is 11.1. The SMILES string of the molecule is Cc1cc(N)nc(C)c1CNC(=O)c1ccc2c(c1)C1OC2c2cc(-c3ccccc3C(N)=O)ccc21.Cc1cc(N)nc(C)c1CNC(=O)c1ccc2c(c1)C1OC2c2ccc(-c3ccccc3C(N)=O)cc21. The molecule has 8 aromatic rings. The Bertz CT molecular complexity index is 3660. The summed E-state index contributed by atoms with van der Waals surface area (Å²) < 4.78 is 12.7. The molecule has 0 radical (unpaired) electrons. The Balaban J connectivity index is 0.000000159. The highest BCUT2D eigenvalue weighted by Gasteiger charge is 2.44. The van der Waals surface area contributed by atoms with E-state index in [0.29, 0.717) is 47.0 Å². The highest BCUT2D eigenvalue weighted by Crippen LogP contribution is 2.56. The van der Waals surface area contributed by atoms with Gasteiger partial charge in [0.15, 0.2) is 0 Å². The molecule has 4 aliphatic heterocycles. The number of carbonyl (C=O) groups excluding carboxylic acids is 4. The molecule has 0 aliphatic carbocycles. The van der Waals surface area contributed by atoms with Gasteiger partial charge in [-0.25, -0.2) is 9.97 Å². The minimum Gasteiger partial charge on any atom is -0.384 e. The van der Waals surface area contributed by atoms with Gasteiger partial charge in [0.25, 0.3) is 11.8 Å². The molecule has 4 unspecified atom stereocenters. The van der Waals surface area contributed by atoms with Crippen LogP contribution in [0, 0.1) is 27.7 Å². The van der Waals surface area contributed by atoms with Crippen LogP contribution >= 0.6 is 0 Å². The summed E-state index contributed by atoms with van der Waals surface area (Å²) in [5.74, 6) is -0.285. The van der Waals surface area contributed by atoms with Crippen LogP contribution in [0.25, 0.3) is 22.3 Å². The topological polar surface area (TPSA) is 241 Å². The zero-order valence-electron chi connectivity index (χ0n) is 41.1. The molecule has 2 aromatic heterocycles. The normalized spacial score (nSPS) is 16.8. The lowest BCUT2D eigenvalue weighted by molar-refractivity contribution is 0.0856. The molecule has 14 nitrogen and oxygen atoms in total. The smallest absolute Gasteiger partial charge is 0.251 e. The second kappa shape index (κ2) is 18.6. The number of rotatable bonds is 10. The average molecular weight is 981 g/mol. The van der Waals surface area contributed by atoms with E-state index in [1.807, 2.05) is 119 Å². The Labute approximate surface area is 427 Å². The lowest BCUT2D eigenvalue weighted by Crippen LogP contribution is -2.24. The molecule has 6 aromatic carbocycles. The second-order valence-corrected chi connectivity index (χ2v) is 19.2. The van der Waals surface area contributed by atoms with Crippen molar-refractivity contribution in [1.29, 1.82) is 0 Å². The van der Waals surface area contributed by atoms with Gasteiger partial charge in [-0.2, -0.15) is 0 Å². The number of aromatic nitrogens is 2. The third-order valence-electron chi connectivity index (χ3n) is 14.7. The third kappa shape index (κ3) is 8.29. The second-order valence-electron chi connectivity index (χ2n) is 19.2. The van der Waals surface area contributed by atoms with Crippen molar-refractivity contribution in [3.8, 4) is 22.3 Å². The third-order valence-corrected chi connectivity index (χ3v) is 14.7. The van der Waals surface area contributed by atoms with Gasteiger partial charge in [-0.3, -0.25) is 19.2 Å². The van der Waals surface area contributed by atoms with Gasteiger partial charge in [0.1, 0.15) is 36.1 Å². The summed E-state index contributed by atoms with van der Waals surface area (Å²) in [5.41, 5.74) is 42.4. The first-order chi connectivity index (χ1) is 35.6. The van der Waals surface area contributed by atoms with Crippen molar-refractivity contribution in [1.82, 2.24) is 20.6 Å². The number of nitrogen functional groups attached to an aromatic ring is 2. The van der Waals surface area contributed by atoms with Gasteiger partial charge in [-0.05, 0) is 177 Å². The molecule has 368 valence electrons. The molecule has 4 atom stereocenters. The molecular weight excluding hydrogens is 929 g/mol. The Morgan fingerprint density at radius 2 is 0.811 bits per heavy atom. The summed E-state index contributed by atoms with van der Waals surface area (Å²) in [6.07, 6.45) is -0.874. The largest absolute Gasteiger partial charge is 0.384 e. The molecule has 0 saturated heterocycles. The van der Waals surface area contributed by atoms with Crippen molar-refractivity contribution < 1.29 is 28.7 Å². The zero-order valence-corrected chi connectivity index (χ0v) is 41.1. The molecule has 12 rings (SSSR count). The highest BCUT2D eigenvalue weighted by atomic mass is 16.5. The van der Waals surface area contributed by atoms with Crippen LogP contribution < -0.4 is 33.6 Å². The Morgan fingerprint density at radius 1 is 0.459 bits per heavy atom. The monoisotopic (exact) mass is 980 g/mol. The number of hydrogen-bond donors (Lipinski definition) is 6. The molecule has 0 spiro atoms. The summed E-state index contributed by atoms with van der Waals surface area (Å²) >= 11 is 0. The van der Waals surface area contributed by atoms with E-state index in [2.05, 4.69) is 38.8 Å². The summed E-state index contributed by atoms with van der Waals surface area (Å²) in [4.78, 5) is 58.6. The van der Waals surface area contributed by atoms with Crippen LogP contribution in [0.1, 0.15) is 144 Å². The van der Waals surface area contributed by atoms with E-state index in [-0.39, 0.29) is 36.2 Å². The predicted octanol–water partition coefficient (Wildman–Crippen LogP) is 9.00. The summed E-state index contributed by atoms with van der Waals surface area (Å²) in [6, 6.07) is 42.0. The van der Waals surface area contributed by atoms with Crippen molar-refractivity contribution >= 4 is 35.3 Å². The van der Waals surface area contributed by atoms with Crippen LogP contribution in [0.5, 0.6) is 0 Å². The number of benzene rings is 6. The fourth-order valence-corrected chi connectivity index (χ4v) is 11.1. The van der Waals surface area contributed by atoms with Gasteiger partial charge in [0.05, 0.1) is 0 Å². The van der Waals surface area contributed by atoms with Crippen molar-refractivity contribution in [3.05, 3.63) is 234 Å². The number of ether oxygens (including phenoxy) is 2. The minimum atomic E-state index is -0.463. The van der Waals surface area contributed by atoms with Gasteiger partial charge < -0.3 is 43.0 Å². The number of primary amides is 2. The number of nitrogens with zero attached hydrogens (tertiary/aromatic N) is 2. The van der Waals surface area contributed by atoms with E-state index in [1.165, 1.54) is 0 Å². The number of pyridine rings is 2. The van der Waals surface area contributed by atoms with E-state index >= 15 is 0 Å². The maximum atomic E-state index is 13.1. The van der Waals surface area contributed by atoms with Gasteiger partial charge in [0.2, 0.25) is 11.8 Å². The number of aryl methyl sites for hydroxylation is 4. The van der Waals surface area contributed by atoms with Crippen LogP contribution in [0.3, 0.4) is 0 Å². The standard InChI is InChI=1S/2C30H26N4O3/c1-15-11-26(31)34-16(2)25(15)14-33-30(36)18-8-10-21-24(13-18)28-20-9-7-17(12-23(20)27(21)37-28)19-5-3-4-6-22(19)29(32)35;1-15-11-26(31)34-16(2)25(15)14-33-30(36)18-8-10-21-24(13-18)28-23-12-17(7-9-20(23)27(21)37-28)19-5-3-4-6-22(19)29(32)35/h2*3-13,27-28H,14H2,1-2H3,(H2,31,34)(H2,32,35)(H,33,36). The van der Waals surface area contributed by atoms with E-state index in [0.717, 1.165) is 100 Å². The molecule has 4 amide bonds. The number of nitrogens with two attached hydrogens (primary N) is 4. The molecular formula is C60H52N8O6. The molecule has 0 saturated carbocycles. The van der Waals surface area contributed by atoms with Crippen LogP contribution in [-0.2, 0) is 22.6 Å². The fraction of sp³-hybridized carbons (Fsp3) is 0.167. The van der Waals surface area contributed by atoms with Gasteiger partial charge in [-0.15, -0.1) is 0 Å². The Kier molecular flexibility index (Phi) is 11.9. The van der Waals surface area contributed by atoms with E-state index in [9.17, 15) is 19.2 Å². The first-order valence-corrected chi connectivity index (χ1v) is 24.3. The first-order valence-electron chi connectivity index (χ1n) is 24.3. The predicted molar refractivity (Wildman–Crippen MR) is 282 cm³/mol. The van der Waals surface area contributed by atoms with Crippen LogP contribution in [-0.4, -0.2) is 33.6 Å². The lowest BCUT2D eigenvalue weighted by atomic mass is 9.83. The quantitative estimate of drug-likeness (QED) is 0.0760. The van der Waals surface area contributed by atoms with Crippen molar-refractivity contribution in [2.24, 2.45) is 11.5 Å². The number of nitrogens with one attached hydrogen (secondary N) is 2. The molecule has 14 heteroatoms. The van der Waals surface area contributed by atoms with Gasteiger partial charge in [0, 0.05) is 46.7 Å². The molecule has 4 bridgehead atoms. The van der Waals surface area contributed by atoms with Crippen molar-refractivity contribution in [3.63, 3.8) is 0 Å². The summed E-state index contributed by atoms with van der Waals surface area (Å²) in [5, 5.41) is 6.03. The average Bonchev–Trinajstić information content (AvgIpc) is 4.21. The van der Waals surface area contributed by atoms with Gasteiger partial charge >= 0.3 is 0 Å². The number of amides is 4. The van der Waals surface area contributed by atoms with Crippen molar-refractivity contribution in [2.75, 3.05) is 11.5 Å². The molecule has 0 fully saturated rings. The Hall–Kier alpha value is -8.98. The lowest BCUT2D eigenvalue weighted by Gasteiger charge is -2.18. The van der Waals surface area contributed by atoms with Crippen molar-refractivity contribution in [2.45, 2.75) is 65.2 Å². The molecule has 6 heterocycles. The maximum Gasteiger partial charge on any atom is 0.251 e. The maximum absolute atomic E-state index is 13.1. The molecule has 10 N–H and O–H groups in total. The summed E-state index contributed by atoms with van der Waals surface area (Å²) in [7, 11) is 0. The van der Waals surface area contributed by atoms with E-state index in [4.69, 9.17) is 32.4 Å². The number of hydrogen-bond acceptors (Lipinski definition) is 10. The van der Waals surface area contributed by atoms with Crippen LogP contribution in [0.15, 0.2) is 133 Å². The number of fused-ring (bicyclic) bond motifs is 16. The minimum absolute atomic E-state index is 0.153. The van der Waals surface area contributed by atoms with E-state index in [1.54, 1.807) is 24.3 Å². The number of anilines is 2. The molecule has 74 heavy (non-hydrogen) atoms. The van der Waals surface area contributed by atoms with Crippen LogP contribution in [0.2, 0.25) is 0 Å². The number of carbonyl (C=O) groups is 4. The van der Waals surface area contributed by atoms with Crippen LogP contribution in [0.4, 0.5) is 11.6 Å². The Morgan fingerprint density at radius 3 is 1.20 bits per heavy atom. The zero-order chi connectivity index (χ0) is 51.7. The highest BCUT2D eigenvalue weighted by molar-refractivity contribution is 6.01. The summed E-state index contributed by atoms with van der Waals surface area (Å²) in [6.45, 7) is 8.46. The molecule has 4 aliphatic rings.